The van der Waals surface area contributed by atoms with Crippen molar-refractivity contribution in [3.05, 3.63) is 81.1 Å². The molecule has 0 unspecified atom stereocenters. The molecule has 9 heteroatoms. The number of thioether (sulfide) groups is 1. The van der Waals surface area contributed by atoms with Gasteiger partial charge in [-0.15, -0.1) is 11.3 Å². The lowest BCUT2D eigenvalue weighted by Gasteiger charge is -2.37. The summed E-state index contributed by atoms with van der Waals surface area (Å²) >= 11 is 3.27. The van der Waals surface area contributed by atoms with Crippen LogP contribution in [0.4, 0.5) is 4.39 Å². The van der Waals surface area contributed by atoms with Crippen molar-refractivity contribution in [3.8, 4) is 5.75 Å². The fourth-order valence-corrected chi connectivity index (χ4v) is 6.19. The maximum Gasteiger partial charge on any atom is 0.273 e. The third-order valence-corrected chi connectivity index (χ3v) is 8.11. The van der Waals surface area contributed by atoms with Crippen molar-refractivity contribution >= 4 is 34.9 Å². The summed E-state index contributed by atoms with van der Waals surface area (Å²) in [5.41, 5.74) is 3.25. The number of halogens is 1. The summed E-state index contributed by atoms with van der Waals surface area (Å²) in [6, 6.07) is 11.9. The van der Waals surface area contributed by atoms with Gasteiger partial charge in [-0.2, -0.15) is 11.8 Å². The lowest BCUT2D eigenvalue weighted by atomic mass is 9.88. The van der Waals surface area contributed by atoms with Gasteiger partial charge in [0.05, 0.1) is 6.04 Å². The number of nitrogens with zero attached hydrogens (tertiary/aromatic N) is 3. The second-order valence-electron chi connectivity index (χ2n) is 8.60. The molecule has 1 aromatic heterocycles. The van der Waals surface area contributed by atoms with E-state index in [0.29, 0.717) is 18.0 Å². The maximum absolute atomic E-state index is 14.0. The molecule has 2 aromatic carbocycles. The van der Waals surface area contributed by atoms with Gasteiger partial charge >= 0.3 is 0 Å². The third kappa shape index (κ3) is 5.21. The normalized spacial score (nSPS) is 17.7. The van der Waals surface area contributed by atoms with E-state index in [1.54, 1.807) is 23.3 Å². The van der Waals surface area contributed by atoms with Gasteiger partial charge in [0.15, 0.2) is 0 Å². The maximum atomic E-state index is 14.0. The number of rotatable bonds is 5. The molecule has 3 heterocycles. The standard InChI is InChI=1S/C26H26FN3O3S2/c1-17(31)30-8-7-18-5-6-21(14-22(18)25(30)19-3-2-4-20(27)13-19)33-15-24-28-23(16-35-24)26(32)29-9-11-34-12-10-29/h2-6,13-14,16,25H,7-12,15H2,1H3/t25-/m1/s1. The van der Waals surface area contributed by atoms with Gasteiger partial charge in [-0.1, -0.05) is 18.2 Å². The lowest BCUT2D eigenvalue weighted by Crippen LogP contribution is -2.39. The Morgan fingerprint density at radius 3 is 2.74 bits per heavy atom. The summed E-state index contributed by atoms with van der Waals surface area (Å²) in [6.07, 6.45) is 0.730. The number of fused-ring (bicyclic) bond motifs is 1. The van der Waals surface area contributed by atoms with Gasteiger partial charge in [0, 0.05) is 43.4 Å². The van der Waals surface area contributed by atoms with E-state index in [4.69, 9.17) is 4.74 Å². The molecule has 0 N–H and O–H groups in total. The molecule has 2 amide bonds. The van der Waals surface area contributed by atoms with E-state index >= 15 is 0 Å². The molecule has 0 aliphatic carbocycles. The topological polar surface area (TPSA) is 62.7 Å². The molecule has 0 radical (unpaired) electrons. The first-order chi connectivity index (χ1) is 17.0. The Balaban J connectivity index is 1.34. The molecule has 2 aliphatic rings. The molecule has 35 heavy (non-hydrogen) atoms. The minimum Gasteiger partial charge on any atom is -0.486 e. The summed E-state index contributed by atoms with van der Waals surface area (Å²) in [6.45, 7) is 3.88. The zero-order chi connectivity index (χ0) is 24.4. The Morgan fingerprint density at radius 1 is 1.14 bits per heavy atom. The van der Waals surface area contributed by atoms with E-state index in [2.05, 4.69) is 4.98 Å². The van der Waals surface area contributed by atoms with E-state index < -0.39 is 0 Å². The molecular weight excluding hydrogens is 485 g/mol. The monoisotopic (exact) mass is 511 g/mol. The Bertz CT molecular complexity index is 1240. The number of aromatic nitrogens is 1. The van der Waals surface area contributed by atoms with Crippen LogP contribution < -0.4 is 4.74 Å². The number of thiazole rings is 1. The number of benzene rings is 2. The predicted molar refractivity (Wildman–Crippen MR) is 135 cm³/mol. The van der Waals surface area contributed by atoms with E-state index in [9.17, 15) is 14.0 Å². The fraction of sp³-hybridized carbons (Fsp3) is 0.346. The van der Waals surface area contributed by atoms with E-state index in [-0.39, 0.29) is 30.3 Å². The molecule has 1 fully saturated rings. The van der Waals surface area contributed by atoms with Crippen molar-refractivity contribution in [3.63, 3.8) is 0 Å². The van der Waals surface area contributed by atoms with Gasteiger partial charge in [0.2, 0.25) is 5.91 Å². The highest BCUT2D eigenvalue weighted by Crippen LogP contribution is 2.37. The molecule has 1 atom stereocenters. The highest BCUT2D eigenvalue weighted by Gasteiger charge is 2.31. The van der Waals surface area contributed by atoms with Crippen LogP contribution >= 0.6 is 23.1 Å². The van der Waals surface area contributed by atoms with Crippen LogP contribution in [0, 0.1) is 5.82 Å². The largest absolute Gasteiger partial charge is 0.486 e. The molecule has 3 aromatic rings. The molecule has 2 aliphatic heterocycles. The zero-order valence-electron chi connectivity index (χ0n) is 19.4. The van der Waals surface area contributed by atoms with Crippen LogP contribution in [0.1, 0.15) is 45.2 Å². The number of carbonyl (C=O) groups is 2. The number of ether oxygens (including phenoxy) is 1. The lowest BCUT2D eigenvalue weighted by molar-refractivity contribution is -0.130. The number of hydrogen-bond acceptors (Lipinski definition) is 6. The smallest absolute Gasteiger partial charge is 0.273 e. The minimum absolute atomic E-state index is 0.0242. The van der Waals surface area contributed by atoms with Crippen LogP contribution in [0.2, 0.25) is 0 Å². The summed E-state index contributed by atoms with van der Waals surface area (Å²) in [7, 11) is 0. The van der Waals surface area contributed by atoms with Crippen LogP contribution in [0.25, 0.3) is 0 Å². The summed E-state index contributed by atoms with van der Waals surface area (Å²) < 4.78 is 20.1. The van der Waals surface area contributed by atoms with Crippen molar-refractivity contribution in [1.82, 2.24) is 14.8 Å². The molecule has 0 bridgehead atoms. The first-order valence-corrected chi connectivity index (χ1v) is 13.6. The first-order valence-electron chi connectivity index (χ1n) is 11.6. The van der Waals surface area contributed by atoms with Crippen LogP contribution in [0.3, 0.4) is 0 Å². The summed E-state index contributed by atoms with van der Waals surface area (Å²) in [4.78, 5) is 33.2. The summed E-state index contributed by atoms with van der Waals surface area (Å²) in [5, 5.41) is 2.52. The van der Waals surface area contributed by atoms with Gasteiger partial charge < -0.3 is 14.5 Å². The molecular formula is C26H26FN3O3S2. The SMILES string of the molecule is CC(=O)N1CCc2ccc(OCc3nc(C(=O)N4CCSCC4)cs3)cc2[C@H]1c1cccc(F)c1. The Morgan fingerprint density at radius 2 is 1.97 bits per heavy atom. The average molecular weight is 512 g/mol. The quantitative estimate of drug-likeness (QED) is 0.503. The van der Waals surface area contributed by atoms with Crippen molar-refractivity contribution in [2.24, 2.45) is 0 Å². The number of amides is 2. The Labute approximate surface area is 212 Å². The minimum atomic E-state index is -0.373. The van der Waals surface area contributed by atoms with Gasteiger partial charge in [0.1, 0.15) is 28.9 Å². The van der Waals surface area contributed by atoms with E-state index in [1.807, 2.05) is 40.9 Å². The van der Waals surface area contributed by atoms with Crippen LogP contribution in [0.15, 0.2) is 47.8 Å². The fourth-order valence-electron chi connectivity index (χ4n) is 4.61. The first kappa shape index (κ1) is 23.8. The number of hydrogen-bond donors (Lipinski definition) is 0. The Hall–Kier alpha value is -2.91. The summed E-state index contributed by atoms with van der Waals surface area (Å²) in [5.74, 6) is 2.16. The van der Waals surface area contributed by atoms with Crippen molar-refractivity contribution < 1.29 is 18.7 Å². The number of carbonyl (C=O) groups excluding carboxylic acids is 2. The molecule has 0 saturated carbocycles. The highest BCUT2D eigenvalue weighted by molar-refractivity contribution is 7.99. The molecule has 182 valence electrons. The van der Waals surface area contributed by atoms with E-state index in [0.717, 1.165) is 52.7 Å². The highest BCUT2D eigenvalue weighted by atomic mass is 32.2. The van der Waals surface area contributed by atoms with Gasteiger partial charge in [-0.3, -0.25) is 9.59 Å². The van der Waals surface area contributed by atoms with Gasteiger partial charge in [0.25, 0.3) is 5.91 Å². The van der Waals surface area contributed by atoms with Gasteiger partial charge in [-0.25, -0.2) is 9.37 Å². The molecule has 5 rings (SSSR count). The second kappa shape index (κ2) is 10.4. The average Bonchev–Trinajstić information content (AvgIpc) is 3.35. The molecule has 0 spiro atoms. The zero-order valence-corrected chi connectivity index (χ0v) is 21.0. The predicted octanol–water partition coefficient (Wildman–Crippen LogP) is 4.54. The molecule has 6 nitrogen and oxygen atoms in total. The third-order valence-electron chi connectivity index (χ3n) is 6.35. The van der Waals surface area contributed by atoms with E-state index in [1.165, 1.54) is 23.5 Å². The van der Waals surface area contributed by atoms with Crippen molar-refractivity contribution in [2.45, 2.75) is 26.0 Å². The van der Waals surface area contributed by atoms with Crippen LogP contribution in [0.5, 0.6) is 5.75 Å². The molecule has 1 saturated heterocycles. The van der Waals surface area contributed by atoms with Crippen molar-refractivity contribution in [1.29, 1.82) is 0 Å². The Kier molecular flexibility index (Phi) is 7.06. The second-order valence-corrected chi connectivity index (χ2v) is 10.8. The van der Waals surface area contributed by atoms with Crippen LogP contribution in [-0.2, 0) is 17.8 Å². The van der Waals surface area contributed by atoms with Crippen LogP contribution in [-0.4, -0.2) is 57.7 Å². The van der Waals surface area contributed by atoms with Gasteiger partial charge in [-0.05, 0) is 47.4 Å². The van der Waals surface area contributed by atoms with Crippen molar-refractivity contribution in [2.75, 3.05) is 31.1 Å².